The summed E-state index contributed by atoms with van der Waals surface area (Å²) in [4.78, 5) is 40.9. The second kappa shape index (κ2) is 8.62. The summed E-state index contributed by atoms with van der Waals surface area (Å²) in [6, 6.07) is 10.6. The minimum absolute atomic E-state index is 0.144. The Morgan fingerprint density at radius 3 is 2.36 bits per heavy atom. The first kappa shape index (κ1) is 19.5. The van der Waals surface area contributed by atoms with Gasteiger partial charge in [-0.15, -0.1) is 0 Å². The van der Waals surface area contributed by atoms with Gasteiger partial charge in [-0.3, -0.25) is 14.6 Å². The first-order chi connectivity index (χ1) is 13.5. The highest BCUT2D eigenvalue weighted by atomic mass is 16.5. The number of carbonyl (C=O) groups excluding carboxylic acids is 2. The van der Waals surface area contributed by atoms with E-state index in [2.05, 4.69) is 10.3 Å². The van der Waals surface area contributed by atoms with E-state index in [0.717, 1.165) is 11.3 Å². The van der Waals surface area contributed by atoms with Gasteiger partial charge in [0.05, 0.1) is 0 Å². The number of benzene rings is 1. The number of carbonyl (C=O) groups is 3. The molecule has 2 amide bonds. The lowest BCUT2D eigenvalue weighted by Gasteiger charge is -2.18. The van der Waals surface area contributed by atoms with Gasteiger partial charge in [-0.25, -0.2) is 4.79 Å². The zero-order chi connectivity index (χ0) is 20.1. The molecule has 1 aliphatic heterocycles. The smallest absolute Gasteiger partial charge is 0.332 e. The highest BCUT2D eigenvalue weighted by Gasteiger charge is 2.34. The van der Waals surface area contributed by atoms with Crippen molar-refractivity contribution in [2.45, 2.75) is 31.6 Å². The molecule has 3 rings (SSSR count). The van der Waals surface area contributed by atoms with Crippen LogP contribution in [0.1, 0.15) is 28.8 Å². The van der Waals surface area contributed by atoms with Crippen LogP contribution >= 0.6 is 0 Å². The van der Waals surface area contributed by atoms with E-state index < -0.39 is 18.2 Å². The third-order valence-corrected chi connectivity index (χ3v) is 4.61. The average Bonchev–Trinajstić information content (AvgIpc) is 3.23. The summed E-state index contributed by atoms with van der Waals surface area (Å²) >= 11 is 0. The molecule has 2 atom stereocenters. The van der Waals surface area contributed by atoms with Crippen LogP contribution in [0.25, 0.3) is 0 Å². The number of amides is 2. The van der Waals surface area contributed by atoms with Crippen LogP contribution in [0, 0.1) is 0 Å². The highest BCUT2D eigenvalue weighted by Crippen LogP contribution is 2.20. The number of nitrogens with zero attached hydrogens (tertiary/aromatic N) is 2. The molecule has 2 N–H and O–H groups in total. The number of aromatic nitrogens is 1. The number of rotatable bonds is 6. The van der Waals surface area contributed by atoms with Crippen molar-refractivity contribution >= 4 is 23.5 Å². The van der Waals surface area contributed by atoms with Crippen LogP contribution < -0.4 is 10.2 Å². The Morgan fingerprint density at radius 1 is 1.11 bits per heavy atom. The molecule has 0 spiro atoms. The molecule has 2 aromatic rings. The van der Waals surface area contributed by atoms with Crippen molar-refractivity contribution in [3.05, 3.63) is 59.9 Å². The van der Waals surface area contributed by atoms with Crippen molar-refractivity contribution in [1.29, 1.82) is 0 Å². The SMILES string of the molecule is CN(C(=O)c1ccncc1)c1ccc(CNC(=O)[C@@H]2CC[C@H](C(=O)O)O2)cc1. The average molecular weight is 383 g/mol. The molecule has 0 aliphatic carbocycles. The topological polar surface area (TPSA) is 109 Å². The lowest BCUT2D eigenvalue weighted by molar-refractivity contribution is -0.151. The summed E-state index contributed by atoms with van der Waals surface area (Å²) in [5, 5.41) is 11.7. The summed E-state index contributed by atoms with van der Waals surface area (Å²) in [6.07, 6.45) is 2.22. The van der Waals surface area contributed by atoms with E-state index in [1.807, 2.05) is 12.1 Å². The number of hydrogen-bond acceptors (Lipinski definition) is 5. The maximum absolute atomic E-state index is 12.5. The summed E-state index contributed by atoms with van der Waals surface area (Å²) in [7, 11) is 1.69. The Bertz CT molecular complexity index is 854. The van der Waals surface area contributed by atoms with E-state index in [-0.39, 0.29) is 11.8 Å². The van der Waals surface area contributed by atoms with E-state index in [0.29, 0.717) is 24.9 Å². The number of ether oxygens (including phenoxy) is 1. The van der Waals surface area contributed by atoms with E-state index >= 15 is 0 Å². The van der Waals surface area contributed by atoms with Gasteiger partial charge >= 0.3 is 5.97 Å². The van der Waals surface area contributed by atoms with Crippen molar-refractivity contribution < 1.29 is 24.2 Å². The van der Waals surface area contributed by atoms with Gasteiger partial charge in [0.2, 0.25) is 5.91 Å². The molecule has 0 radical (unpaired) electrons. The second-order valence-electron chi connectivity index (χ2n) is 6.51. The largest absolute Gasteiger partial charge is 0.479 e. The maximum atomic E-state index is 12.5. The molecule has 0 bridgehead atoms. The monoisotopic (exact) mass is 383 g/mol. The minimum Gasteiger partial charge on any atom is -0.479 e. The number of hydrogen-bond donors (Lipinski definition) is 2. The number of aliphatic carboxylic acids is 1. The Hall–Kier alpha value is -3.26. The molecular weight excluding hydrogens is 362 g/mol. The molecule has 0 unspecified atom stereocenters. The lowest BCUT2D eigenvalue weighted by Crippen LogP contribution is -2.35. The van der Waals surface area contributed by atoms with Gasteiger partial charge in [-0.05, 0) is 42.7 Å². The van der Waals surface area contributed by atoms with Gasteiger partial charge in [-0.2, -0.15) is 0 Å². The van der Waals surface area contributed by atoms with Gasteiger partial charge in [-0.1, -0.05) is 12.1 Å². The highest BCUT2D eigenvalue weighted by molar-refractivity contribution is 6.05. The number of nitrogens with one attached hydrogen (secondary N) is 1. The first-order valence-corrected chi connectivity index (χ1v) is 8.88. The standard InChI is InChI=1S/C20H21N3O5/c1-23(19(25)14-8-10-21-11-9-14)15-4-2-13(3-5-15)12-22-18(24)16-6-7-17(28-16)20(26)27/h2-5,8-11,16-17H,6-7,12H2,1H3,(H,22,24)(H,26,27)/t16-,17+/m0/s1. The molecular formula is C20H21N3O5. The van der Waals surface area contributed by atoms with Crippen LogP contribution in [-0.2, 0) is 20.9 Å². The molecule has 2 heterocycles. The molecule has 146 valence electrons. The van der Waals surface area contributed by atoms with Crippen LogP contribution in [0.5, 0.6) is 0 Å². The summed E-state index contributed by atoms with van der Waals surface area (Å²) in [6.45, 7) is 0.290. The zero-order valence-electron chi connectivity index (χ0n) is 15.4. The Balaban J connectivity index is 1.54. The molecule has 1 fully saturated rings. The molecule has 1 saturated heterocycles. The first-order valence-electron chi connectivity index (χ1n) is 8.88. The van der Waals surface area contributed by atoms with Gasteiger partial charge in [0.15, 0.2) is 6.10 Å². The number of anilines is 1. The molecule has 1 aromatic heterocycles. The number of carboxylic acid groups (broad SMARTS) is 1. The number of carboxylic acids is 1. The molecule has 8 nitrogen and oxygen atoms in total. The minimum atomic E-state index is -1.05. The molecule has 28 heavy (non-hydrogen) atoms. The van der Waals surface area contributed by atoms with Crippen LogP contribution in [0.3, 0.4) is 0 Å². The summed E-state index contributed by atoms with van der Waals surface area (Å²) in [5.41, 5.74) is 2.13. The fourth-order valence-corrected chi connectivity index (χ4v) is 2.96. The van der Waals surface area contributed by atoms with E-state index in [1.54, 1.807) is 43.7 Å². The second-order valence-corrected chi connectivity index (χ2v) is 6.51. The number of pyridine rings is 1. The van der Waals surface area contributed by atoms with E-state index in [4.69, 9.17) is 9.84 Å². The van der Waals surface area contributed by atoms with Crippen molar-refractivity contribution in [3.8, 4) is 0 Å². The van der Waals surface area contributed by atoms with Crippen molar-refractivity contribution in [1.82, 2.24) is 10.3 Å². The molecule has 0 saturated carbocycles. The normalized spacial score (nSPS) is 18.5. The summed E-state index contributed by atoms with van der Waals surface area (Å²) < 4.78 is 5.23. The Morgan fingerprint density at radius 2 is 1.75 bits per heavy atom. The van der Waals surface area contributed by atoms with E-state index in [1.165, 1.54) is 4.90 Å². The van der Waals surface area contributed by atoms with Crippen LogP contribution in [0.2, 0.25) is 0 Å². The summed E-state index contributed by atoms with van der Waals surface area (Å²) in [5.74, 6) is -1.51. The molecule has 1 aliphatic rings. The third kappa shape index (κ3) is 4.52. The zero-order valence-corrected chi connectivity index (χ0v) is 15.4. The fraction of sp³-hybridized carbons (Fsp3) is 0.300. The van der Waals surface area contributed by atoms with E-state index in [9.17, 15) is 14.4 Å². The van der Waals surface area contributed by atoms with Gasteiger partial charge < -0.3 is 20.1 Å². The Kier molecular flexibility index (Phi) is 6.00. The van der Waals surface area contributed by atoms with Crippen LogP contribution in [0.4, 0.5) is 5.69 Å². The van der Waals surface area contributed by atoms with Gasteiger partial charge in [0.25, 0.3) is 5.91 Å². The van der Waals surface area contributed by atoms with Gasteiger partial charge in [0.1, 0.15) is 6.10 Å². The van der Waals surface area contributed by atoms with Crippen LogP contribution in [-0.4, -0.2) is 47.1 Å². The van der Waals surface area contributed by atoms with Crippen molar-refractivity contribution in [3.63, 3.8) is 0 Å². The van der Waals surface area contributed by atoms with Crippen LogP contribution in [0.15, 0.2) is 48.8 Å². The predicted octanol–water partition coefficient (Wildman–Crippen LogP) is 1.61. The fourth-order valence-electron chi connectivity index (χ4n) is 2.96. The van der Waals surface area contributed by atoms with Crippen molar-refractivity contribution in [2.75, 3.05) is 11.9 Å². The Labute approximate surface area is 162 Å². The van der Waals surface area contributed by atoms with Crippen molar-refractivity contribution in [2.24, 2.45) is 0 Å². The third-order valence-electron chi connectivity index (χ3n) is 4.61. The maximum Gasteiger partial charge on any atom is 0.332 e. The molecule has 1 aromatic carbocycles. The molecule has 8 heteroatoms. The predicted molar refractivity (Wildman–Crippen MR) is 101 cm³/mol. The van der Waals surface area contributed by atoms with Gasteiger partial charge in [0, 0.05) is 37.2 Å². The lowest BCUT2D eigenvalue weighted by atomic mass is 10.1. The quantitative estimate of drug-likeness (QED) is 0.784.